The van der Waals surface area contributed by atoms with E-state index in [-0.39, 0.29) is 12.1 Å². The fraction of sp³-hybridized carbons (Fsp3) is 0.200. The minimum atomic E-state index is -0.0369. The van der Waals surface area contributed by atoms with Crippen LogP contribution in [-0.4, -0.2) is 18.2 Å². The predicted molar refractivity (Wildman–Crippen MR) is 114 cm³/mol. The van der Waals surface area contributed by atoms with Gasteiger partial charge in [-0.2, -0.15) is 0 Å². The number of aliphatic imine (C=N–C) groups is 1. The molecule has 2 heterocycles. The Hall–Kier alpha value is -3.40. The van der Waals surface area contributed by atoms with Gasteiger partial charge in [-0.1, -0.05) is 78.0 Å². The van der Waals surface area contributed by atoms with Crippen molar-refractivity contribution in [1.29, 1.82) is 0 Å². The van der Waals surface area contributed by atoms with Gasteiger partial charge in [-0.25, -0.2) is 4.99 Å². The lowest BCUT2D eigenvalue weighted by Gasteiger charge is -2.11. The van der Waals surface area contributed by atoms with Crippen LogP contribution in [0.2, 0.25) is 0 Å². The summed E-state index contributed by atoms with van der Waals surface area (Å²) in [6, 6.07) is 26.9. The molecule has 0 radical (unpaired) electrons. The topological polar surface area (TPSA) is 43.2 Å². The second kappa shape index (κ2) is 7.55. The van der Waals surface area contributed by atoms with Crippen LogP contribution < -0.4 is 0 Å². The minimum absolute atomic E-state index is 0.0271. The quantitative estimate of drug-likeness (QED) is 0.608. The van der Waals surface area contributed by atoms with Crippen LogP contribution in [0.4, 0.5) is 0 Å². The van der Waals surface area contributed by atoms with E-state index >= 15 is 0 Å². The molecule has 5 rings (SSSR count). The van der Waals surface area contributed by atoms with Gasteiger partial charge >= 0.3 is 0 Å². The van der Waals surface area contributed by atoms with Crippen LogP contribution in [0.15, 0.2) is 89.0 Å². The molecule has 3 aromatic rings. The van der Waals surface area contributed by atoms with E-state index in [1.807, 2.05) is 30.3 Å². The molecule has 0 aromatic heterocycles. The fourth-order valence-corrected chi connectivity index (χ4v) is 3.79. The highest BCUT2D eigenvalue weighted by molar-refractivity contribution is 6.01. The lowest BCUT2D eigenvalue weighted by Crippen LogP contribution is -2.03. The largest absolute Gasteiger partial charge is 0.475 e. The minimum Gasteiger partial charge on any atom is -0.475 e. The first-order valence-corrected chi connectivity index (χ1v) is 9.92. The van der Waals surface area contributed by atoms with E-state index in [1.165, 1.54) is 5.56 Å². The van der Waals surface area contributed by atoms with Gasteiger partial charge in [0.15, 0.2) is 6.10 Å². The maximum Gasteiger partial charge on any atom is 0.217 e. The lowest BCUT2D eigenvalue weighted by molar-refractivity contribution is 0.0857. The van der Waals surface area contributed by atoms with E-state index in [0.29, 0.717) is 6.61 Å². The summed E-state index contributed by atoms with van der Waals surface area (Å²) in [5, 5.41) is 4.29. The molecule has 2 aliphatic rings. The van der Waals surface area contributed by atoms with E-state index in [1.54, 1.807) is 0 Å². The second-order valence-electron chi connectivity index (χ2n) is 7.44. The number of rotatable bonds is 4. The molecule has 29 heavy (non-hydrogen) atoms. The van der Waals surface area contributed by atoms with Crippen LogP contribution in [0.5, 0.6) is 0 Å². The summed E-state index contributed by atoms with van der Waals surface area (Å²) in [6.07, 6.45) is 0.746. The third kappa shape index (κ3) is 3.54. The zero-order valence-corrected chi connectivity index (χ0v) is 16.3. The van der Waals surface area contributed by atoms with Crippen molar-refractivity contribution < 1.29 is 9.57 Å². The third-order valence-corrected chi connectivity index (χ3v) is 5.50. The first-order valence-electron chi connectivity index (χ1n) is 9.92. The summed E-state index contributed by atoms with van der Waals surface area (Å²) < 4.78 is 5.89. The Labute approximate surface area is 170 Å². The SMILES string of the molecule is Cc1ccccc1C1=NC(c2ccc(C3CC(c4ccccc4)=NO3)cc2)CO1. The predicted octanol–water partition coefficient (Wildman–Crippen LogP) is 5.38. The monoisotopic (exact) mass is 382 g/mol. The van der Waals surface area contributed by atoms with Gasteiger partial charge in [-0.15, -0.1) is 0 Å². The number of oxime groups is 1. The summed E-state index contributed by atoms with van der Waals surface area (Å²) in [7, 11) is 0. The molecule has 144 valence electrons. The average Bonchev–Trinajstić information content (AvgIpc) is 3.45. The normalized spacial score (nSPS) is 20.6. The number of benzene rings is 3. The van der Waals surface area contributed by atoms with Gasteiger partial charge in [-0.05, 0) is 35.2 Å². The van der Waals surface area contributed by atoms with Gasteiger partial charge in [0.2, 0.25) is 5.90 Å². The fourth-order valence-electron chi connectivity index (χ4n) is 3.79. The molecule has 0 amide bonds. The van der Waals surface area contributed by atoms with Gasteiger partial charge in [0.1, 0.15) is 12.6 Å². The molecule has 2 atom stereocenters. The van der Waals surface area contributed by atoms with E-state index in [4.69, 9.17) is 14.6 Å². The van der Waals surface area contributed by atoms with Crippen molar-refractivity contribution in [3.63, 3.8) is 0 Å². The van der Waals surface area contributed by atoms with E-state index < -0.39 is 0 Å². The maximum absolute atomic E-state index is 5.89. The number of hydrogen-bond acceptors (Lipinski definition) is 4. The van der Waals surface area contributed by atoms with Crippen LogP contribution in [0, 0.1) is 6.92 Å². The highest BCUT2D eigenvalue weighted by Crippen LogP contribution is 2.32. The van der Waals surface area contributed by atoms with Crippen molar-refractivity contribution in [2.75, 3.05) is 6.61 Å². The van der Waals surface area contributed by atoms with Crippen LogP contribution in [-0.2, 0) is 9.57 Å². The number of hydrogen-bond donors (Lipinski definition) is 0. The van der Waals surface area contributed by atoms with Crippen molar-refractivity contribution in [2.24, 2.45) is 10.1 Å². The van der Waals surface area contributed by atoms with Crippen molar-refractivity contribution in [2.45, 2.75) is 25.5 Å². The molecule has 0 aliphatic carbocycles. The molecule has 0 saturated carbocycles. The Kier molecular flexibility index (Phi) is 4.60. The van der Waals surface area contributed by atoms with Crippen LogP contribution in [0.3, 0.4) is 0 Å². The summed E-state index contributed by atoms with van der Waals surface area (Å²) in [5.41, 5.74) is 6.64. The molecule has 4 heteroatoms. The Morgan fingerprint density at radius 3 is 2.34 bits per heavy atom. The summed E-state index contributed by atoms with van der Waals surface area (Å²) in [5.74, 6) is 0.734. The highest BCUT2D eigenvalue weighted by atomic mass is 16.6. The van der Waals surface area contributed by atoms with E-state index in [0.717, 1.165) is 40.3 Å². The Balaban J connectivity index is 1.29. The number of aryl methyl sites for hydroxylation is 1. The molecule has 0 bridgehead atoms. The van der Waals surface area contributed by atoms with Crippen LogP contribution >= 0.6 is 0 Å². The Morgan fingerprint density at radius 2 is 1.55 bits per heavy atom. The van der Waals surface area contributed by atoms with Gasteiger partial charge in [0.25, 0.3) is 0 Å². The summed E-state index contributed by atoms with van der Waals surface area (Å²) >= 11 is 0. The number of ether oxygens (including phenoxy) is 1. The number of nitrogens with zero attached hydrogens (tertiary/aromatic N) is 2. The van der Waals surface area contributed by atoms with Crippen molar-refractivity contribution >= 4 is 11.6 Å². The molecule has 0 N–H and O–H groups in total. The zero-order valence-electron chi connectivity index (χ0n) is 16.3. The van der Waals surface area contributed by atoms with Crippen LogP contribution in [0.1, 0.15) is 46.4 Å². The molecule has 0 saturated heterocycles. The zero-order chi connectivity index (χ0) is 19.6. The summed E-state index contributed by atoms with van der Waals surface area (Å²) in [4.78, 5) is 10.5. The molecular weight excluding hydrogens is 360 g/mol. The van der Waals surface area contributed by atoms with Gasteiger partial charge < -0.3 is 9.57 Å². The molecule has 2 aliphatic heterocycles. The lowest BCUT2D eigenvalue weighted by atomic mass is 9.98. The first-order chi connectivity index (χ1) is 14.3. The molecule has 2 unspecified atom stereocenters. The Bertz CT molecular complexity index is 1070. The second-order valence-corrected chi connectivity index (χ2v) is 7.44. The molecule has 4 nitrogen and oxygen atoms in total. The van der Waals surface area contributed by atoms with Crippen LogP contribution in [0.25, 0.3) is 0 Å². The van der Waals surface area contributed by atoms with Gasteiger partial charge in [0.05, 0.1) is 5.71 Å². The van der Waals surface area contributed by atoms with E-state index in [2.05, 4.69) is 60.6 Å². The standard InChI is InChI=1S/C25H22N2O2/c1-17-7-5-6-10-21(17)25-26-23(16-28-25)19-11-13-20(14-12-19)24-15-22(27-29-24)18-8-3-2-4-9-18/h2-14,23-24H,15-16H2,1H3. The van der Waals surface area contributed by atoms with E-state index in [9.17, 15) is 0 Å². The third-order valence-electron chi connectivity index (χ3n) is 5.50. The molecule has 0 spiro atoms. The van der Waals surface area contributed by atoms with Crippen molar-refractivity contribution in [1.82, 2.24) is 0 Å². The highest BCUT2D eigenvalue weighted by Gasteiger charge is 2.26. The summed E-state index contributed by atoms with van der Waals surface area (Å²) in [6.45, 7) is 2.65. The van der Waals surface area contributed by atoms with Gasteiger partial charge in [0, 0.05) is 12.0 Å². The average molecular weight is 382 g/mol. The smallest absolute Gasteiger partial charge is 0.217 e. The molecule has 0 fully saturated rings. The molecular formula is C25H22N2O2. The Morgan fingerprint density at radius 1 is 0.828 bits per heavy atom. The first kappa shape index (κ1) is 17.7. The van der Waals surface area contributed by atoms with Gasteiger partial charge in [-0.3, -0.25) is 0 Å². The maximum atomic E-state index is 5.89. The van der Waals surface area contributed by atoms with Crippen molar-refractivity contribution in [3.05, 3.63) is 107 Å². The molecule has 3 aromatic carbocycles. The van der Waals surface area contributed by atoms with Crippen molar-refractivity contribution in [3.8, 4) is 0 Å².